The lowest BCUT2D eigenvalue weighted by atomic mass is 9.94. The molecule has 2 N–H and O–H groups in total. The summed E-state index contributed by atoms with van der Waals surface area (Å²) >= 11 is 6.23. The first-order valence-corrected chi connectivity index (χ1v) is 10.3. The molecule has 0 fully saturated rings. The largest absolute Gasteiger partial charge is 0.362 e. The fourth-order valence-electron chi connectivity index (χ4n) is 3.96. The second-order valence-electron chi connectivity index (χ2n) is 7.40. The quantitative estimate of drug-likeness (QED) is 0.477. The van der Waals surface area contributed by atoms with Crippen LogP contribution in [0.1, 0.15) is 10.4 Å². The van der Waals surface area contributed by atoms with Gasteiger partial charge in [0.2, 0.25) is 0 Å². The minimum atomic E-state index is -0.441. The number of amidine groups is 1. The number of nitrogens with one attached hydrogen (secondary N) is 2. The predicted molar refractivity (Wildman–Crippen MR) is 125 cm³/mol. The molecule has 6 heteroatoms. The van der Waals surface area contributed by atoms with Crippen molar-refractivity contribution >= 4 is 34.1 Å². The summed E-state index contributed by atoms with van der Waals surface area (Å²) in [7, 11) is 0. The van der Waals surface area contributed by atoms with Gasteiger partial charge in [0.1, 0.15) is 5.84 Å². The van der Waals surface area contributed by atoms with Crippen LogP contribution in [0.2, 0.25) is 5.02 Å². The average molecular weight is 428 g/mol. The molecular formula is C25H18ClN3O2. The van der Waals surface area contributed by atoms with Gasteiger partial charge in [-0.05, 0) is 35.9 Å². The Bertz CT molecular complexity index is 1370. The molecule has 0 saturated carbocycles. The normalized spacial score (nSPS) is 19.5. The number of ketones is 1. The van der Waals surface area contributed by atoms with Gasteiger partial charge in [0.05, 0.1) is 17.6 Å². The van der Waals surface area contributed by atoms with E-state index in [-0.39, 0.29) is 17.6 Å². The molecule has 2 unspecified atom stereocenters. The van der Waals surface area contributed by atoms with Crippen molar-refractivity contribution in [2.24, 2.45) is 4.99 Å². The molecule has 2 atom stereocenters. The fourth-order valence-corrected chi connectivity index (χ4v) is 4.13. The average Bonchev–Trinajstić information content (AvgIpc) is 3.20. The van der Waals surface area contributed by atoms with E-state index in [2.05, 4.69) is 15.3 Å². The summed E-state index contributed by atoms with van der Waals surface area (Å²) in [5, 5.41) is 4.51. The first-order chi connectivity index (χ1) is 15.1. The lowest BCUT2D eigenvalue weighted by Gasteiger charge is -2.13. The van der Waals surface area contributed by atoms with Crippen molar-refractivity contribution in [1.82, 2.24) is 10.3 Å². The van der Waals surface area contributed by atoms with E-state index in [1.54, 1.807) is 24.3 Å². The summed E-state index contributed by atoms with van der Waals surface area (Å²) in [4.78, 5) is 33.5. The molecule has 5 rings (SSSR count). The van der Waals surface area contributed by atoms with E-state index in [0.29, 0.717) is 27.3 Å². The molecule has 2 aromatic carbocycles. The maximum absolute atomic E-state index is 13.2. The van der Waals surface area contributed by atoms with Crippen molar-refractivity contribution in [3.63, 3.8) is 0 Å². The van der Waals surface area contributed by atoms with Crippen LogP contribution in [0.25, 0.3) is 22.0 Å². The van der Waals surface area contributed by atoms with Crippen molar-refractivity contribution in [1.29, 1.82) is 0 Å². The van der Waals surface area contributed by atoms with Crippen molar-refractivity contribution in [2.75, 3.05) is 0 Å². The van der Waals surface area contributed by atoms with Crippen LogP contribution < -0.4 is 10.9 Å². The maximum Gasteiger partial charge on any atom is 0.260 e. The number of H-pyrrole nitrogens is 1. The molecule has 0 saturated heterocycles. The van der Waals surface area contributed by atoms with Crippen LogP contribution in [0.5, 0.6) is 0 Å². The summed E-state index contributed by atoms with van der Waals surface area (Å²) in [5.41, 5.74) is 1.60. The summed E-state index contributed by atoms with van der Waals surface area (Å²) in [5.74, 6) is 0.216. The van der Waals surface area contributed by atoms with Crippen LogP contribution in [-0.4, -0.2) is 28.7 Å². The number of aliphatic imine (C=N–C) groups is 1. The summed E-state index contributed by atoms with van der Waals surface area (Å²) in [6, 6.07) is 14.7. The monoisotopic (exact) mass is 427 g/mol. The van der Waals surface area contributed by atoms with Crippen LogP contribution in [0.3, 0.4) is 0 Å². The van der Waals surface area contributed by atoms with Gasteiger partial charge in [0.15, 0.2) is 5.78 Å². The van der Waals surface area contributed by atoms with Crippen LogP contribution in [0, 0.1) is 0 Å². The minimum absolute atomic E-state index is 0.0193. The zero-order valence-electron chi connectivity index (χ0n) is 16.4. The third-order valence-corrected chi connectivity index (χ3v) is 5.62. The number of benzene rings is 2. The molecule has 5 nitrogen and oxygen atoms in total. The van der Waals surface area contributed by atoms with E-state index in [1.165, 1.54) is 6.08 Å². The van der Waals surface area contributed by atoms with E-state index in [0.717, 1.165) is 5.56 Å². The number of hydrogen-bond acceptors (Lipinski definition) is 4. The van der Waals surface area contributed by atoms with Crippen molar-refractivity contribution in [3.05, 3.63) is 106 Å². The van der Waals surface area contributed by atoms with Crippen LogP contribution in [0.15, 0.2) is 94.8 Å². The molecular weight excluding hydrogens is 410 g/mol. The maximum atomic E-state index is 13.2. The van der Waals surface area contributed by atoms with Crippen LogP contribution >= 0.6 is 11.6 Å². The number of aromatic amines is 1. The summed E-state index contributed by atoms with van der Waals surface area (Å²) < 4.78 is 0. The number of hydrogen-bond donors (Lipinski definition) is 2. The Morgan fingerprint density at radius 2 is 1.87 bits per heavy atom. The number of carbonyl (C=O) groups is 1. The van der Waals surface area contributed by atoms with Crippen molar-refractivity contribution in [3.8, 4) is 11.1 Å². The molecule has 31 heavy (non-hydrogen) atoms. The first-order valence-electron chi connectivity index (χ1n) is 9.93. The first kappa shape index (κ1) is 19.3. The third kappa shape index (κ3) is 3.64. The molecule has 1 aromatic heterocycles. The molecule has 152 valence electrons. The molecule has 0 amide bonds. The molecule has 3 aromatic rings. The van der Waals surface area contributed by atoms with Gasteiger partial charge in [-0.3, -0.25) is 14.6 Å². The highest BCUT2D eigenvalue weighted by molar-refractivity contribution is 6.31. The van der Waals surface area contributed by atoms with Gasteiger partial charge < -0.3 is 10.3 Å². The molecule has 0 radical (unpaired) electrons. The number of halogens is 1. The highest BCUT2D eigenvalue weighted by atomic mass is 35.5. The van der Waals surface area contributed by atoms with Gasteiger partial charge in [-0.25, -0.2) is 0 Å². The van der Waals surface area contributed by atoms with E-state index in [9.17, 15) is 9.59 Å². The Labute approximate surface area is 183 Å². The molecule has 0 bridgehead atoms. The highest BCUT2D eigenvalue weighted by Crippen LogP contribution is 2.31. The van der Waals surface area contributed by atoms with Crippen LogP contribution in [-0.2, 0) is 0 Å². The molecule has 1 aliphatic carbocycles. The Kier molecular flexibility index (Phi) is 4.88. The van der Waals surface area contributed by atoms with Gasteiger partial charge >= 0.3 is 0 Å². The summed E-state index contributed by atoms with van der Waals surface area (Å²) in [6.07, 6.45) is 11.0. The number of rotatable bonds is 4. The van der Waals surface area contributed by atoms with Crippen molar-refractivity contribution < 1.29 is 4.79 Å². The van der Waals surface area contributed by atoms with Crippen molar-refractivity contribution in [2.45, 2.75) is 12.1 Å². The Morgan fingerprint density at radius 1 is 1.06 bits per heavy atom. The lowest BCUT2D eigenvalue weighted by Crippen LogP contribution is -2.32. The van der Waals surface area contributed by atoms with Crippen LogP contribution in [0.4, 0.5) is 0 Å². The topological polar surface area (TPSA) is 74.3 Å². The lowest BCUT2D eigenvalue weighted by molar-refractivity contribution is 0.104. The zero-order valence-corrected chi connectivity index (χ0v) is 17.1. The van der Waals surface area contributed by atoms with E-state index < -0.39 is 11.3 Å². The minimum Gasteiger partial charge on any atom is -0.362 e. The number of carbonyl (C=O) groups excluding carboxylic acids is 1. The van der Waals surface area contributed by atoms with Gasteiger partial charge in [0.25, 0.3) is 5.56 Å². The molecule has 2 aliphatic rings. The van der Waals surface area contributed by atoms with E-state index in [4.69, 9.17) is 11.6 Å². The highest BCUT2D eigenvalue weighted by Gasteiger charge is 2.25. The smallest absolute Gasteiger partial charge is 0.260 e. The number of aromatic nitrogens is 1. The standard InChI is InChI=1S/C25H18ClN3O2/c26-16-10-11-18-17(14-16)23(15-6-2-1-3-7-15)24(25(31)29-18)21(30)12-13-22-27-19-8-4-5-9-20(19)28-22/h1-14,19-20H,(H,27,28)(H,29,31)/b13-12+. The summed E-state index contributed by atoms with van der Waals surface area (Å²) in [6.45, 7) is 0. The SMILES string of the molecule is O=C(/C=C/C1=NC2C=CC=CC2N1)c1c(-c2ccccc2)c2cc(Cl)ccc2[nH]c1=O. The number of pyridine rings is 1. The second kappa shape index (κ2) is 7.85. The van der Waals surface area contributed by atoms with Gasteiger partial charge in [0, 0.05) is 21.5 Å². The zero-order chi connectivity index (χ0) is 21.4. The Hall–Kier alpha value is -3.70. The van der Waals surface area contributed by atoms with Gasteiger partial charge in [-0.15, -0.1) is 0 Å². The fraction of sp³-hybridized carbons (Fsp3) is 0.0800. The number of fused-ring (bicyclic) bond motifs is 2. The van der Waals surface area contributed by atoms with Gasteiger partial charge in [-0.1, -0.05) is 66.2 Å². The Morgan fingerprint density at radius 3 is 2.68 bits per heavy atom. The Balaban J connectivity index is 1.60. The molecule has 0 spiro atoms. The number of allylic oxidation sites excluding steroid dienone is 3. The molecule has 2 heterocycles. The number of nitrogens with zero attached hydrogens (tertiary/aromatic N) is 1. The second-order valence-corrected chi connectivity index (χ2v) is 7.84. The van der Waals surface area contributed by atoms with E-state index >= 15 is 0 Å². The predicted octanol–water partition coefficient (Wildman–Crippen LogP) is 4.45. The molecule has 1 aliphatic heterocycles. The van der Waals surface area contributed by atoms with E-state index in [1.807, 2.05) is 54.6 Å². The van der Waals surface area contributed by atoms with Gasteiger partial charge in [-0.2, -0.15) is 0 Å². The third-order valence-electron chi connectivity index (χ3n) is 5.39.